The van der Waals surface area contributed by atoms with Crippen LogP contribution in [0.4, 0.5) is 11.6 Å². The Morgan fingerprint density at radius 1 is 1.32 bits per heavy atom. The molecule has 1 saturated carbocycles. The van der Waals surface area contributed by atoms with Crippen molar-refractivity contribution in [3.8, 4) is 5.75 Å². The monoisotopic (exact) mass is 265 g/mol. The van der Waals surface area contributed by atoms with Gasteiger partial charge in [0.05, 0.1) is 7.11 Å². The highest BCUT2D eigenvalue weighted by molar-refractivity contribution is 5.62. The SMILES string of the molecule is COc1c(N)ncnc1N(C)CC1(N(C)C)CCC1. The van der Waals surface area contributed by atoms with Crippen molar-refractivity contribution in [3.05, 3.63) is 6.33 Å². The summed E-state index contributed by atoms with van der Waals surface area (Å²) in [5.74, 6) is 1.69. The van der Waals surface area contributed by atoms with Gasteiger partial charge in [0, 0.05) is 19.1 Å². The molecule has 0 aliphatic heterocycles. The maximum absolute atomic E-state index is 5.83. The summed E-state index contributed by atoms with van der Waals surface area (Å²) in [5.41, 5.74) is 6.06. The molecule has 1 aromatic heterocycles. The molecule has 0 bridgehead atoms. The predicted molar refractivity (Wildman–Crippen MR) is 76.5 cm³/mol. The Labute approximate surface area is 114 Å². The minimum atomic E-state index is 0.236. The molecule has 0 radical (unpaired) electrons. The molecule has 0 amide bonds. The standard InChI is InChI=1S/C13H23N5O/c1-17(2)13(6-5-7-13)8-18(3)12-10(19-4)11(14)15-9-16-12/h9H,5-8H2,1-4H3,(H2,14,15,16). The zero-order chi connectivity index (χ0) is 14.0. The van der Waals surface area contributed by atoms with Crippen molar-refractivity contribution in [1.29, 1.82) is 0 Å². The van der Waals surface area contributed by atoms with Gasteiger partial charge < -0.3 is 20.3 Å². The van der Waals surface area contributed by atoms with Gasteiger partial charge in [0.2, 0.25) is 5.75 Å². The molecule has 6 nitrogen and oxygen atoms in total. The van der Waals surface area contributed by atoms with E-state index in [2.05, 4.69) is 33.9 Å². The van der Waals surface area contributed by atoms with Crippen LogP contribution in [0.2, 0.25) is 0 Å². The highest BCUT2D eigenvalue weighted by Gasteiger charge is 2.40. The number of nitrogen functional groups attached to an aromatic ring is 1. The van der Waals surface area contributed by atoms with Gasteiger partial charge in [-0.05, 0) is 33.4 Å². The van der Waals surface area contributed by atoms with E-state index in [1.165, 1.54) is 25.6 Å². The van der Waals surface area contributed by atoms with Gasteiger partial charge in [0.25, 0.3) is 0 Å². The molecule has 1 aliphatic carbocycles. The summed E-state index contributed by atoms with van der Waals surface area (Å²) in [6, 6.07) is 0. The van der Waals surface area contributed by atoms with Gasteiger partial charge >= 0.3 is 0 Å². The van der Waals surface area contributed by atoms with Crippen molar-refractivity contribution in [3.63, 3.8) is 0 Å². The number of hydrogen-bond donors (Lipinski definition) is 1. The average molecular weight is 265 g/mol. The van der Waals surface area contributed by atoms with Gasteiger partial charge in [0.15, 0.2) is 11.6 Å². The van der Waals surface area contributed by atoms with E-state index in [0.717, 1.165) is 12.4 Å². The Balaban J connectivity index is 2.20. The summed E-state index contributed by atoms with van der Waals surface area (Å²) >= 11 is 0. The Kier molecular flexibility index (Phi) is 3.80. The van der Waals surface area contributed by atoms with Crippen LogP contribution in [0.15, 0.2) is 6.33 Å². The van der Waals surface area contributed by atoms with Crippen LogP contribution >= 0.6 is 0 Å². The lowest BCUT2D eigenvalue weighted by molar-refractivity contribution is 0.0681. The maximum Gasteiger partial charge on any atom is 0.204 e. The van der Waals surface area contributed by atoms with Gasteiger partial charge in [-0.2, -0.15) is 0 Å². The van der Waals surface area contributed by atoms with E-state index in [1.54, 1.807) is 7.11 Å². The number of rotatable bonds is 5. The lowest BCUT2D eigenvalue weighted by atomic mass is 9.75. The molecule has 0 aromatic carbocycles. The molecule has 0 unspecified atom stereocenters. The first-order valence-corrected chi connectivity index (χ1v) is 6.53. The van der Waals surface area contributed by atoms with Gasteiger partial charge in [-0.1, -0.05) is 0 Å². The Hall–Kier alpha value is -1.56. The topological polar surface area (TPSA) is 67.5 Å². The highest BCUT2D eigenvalue weighted by Crippen LogP contribution is 2.38. The van der Waals surface area contributed by atoms with E-state index in [4.69, 9.17) is 10.5 Å². The smallest absolute Gasteiger partial charge is 0.204 e. The molecule has 0 atom stereocenters. The number of likely N-dealkylation sites (N-methyl/N-ethyl adjacent to an activating group) is 2. The van der Waals surface area contributed by atoms with Crippen molar-refractivity contribution in [2.24, 2.45) is 0 Å². The summed E-state index contributed by atoms with van der Waals surface area (Å²) in [7, 11) is 7.89. The summed E-state index contributed by atoms with van der Waals surface area (Å²) in [6.07, 6.45) is 5.20. The van der Waals surface area contributed by atoms with Gasteiger partial charge in [-0.3, -0.25) is 0 Å². The van der Waals surface area contributed by atoms with E-state index in [0.29, 0.717) is 11.6 Å². The van der Waals surface area contributed by atoms with Crippen molar-refractivity contribution in [2.45, 2.75) is 24.8 Å². The van der Waals surface area contributed by atoms with Crippen molar-refractivity contribution in [1.82, 2.24) is 14.9 Å². The highest BCUT2D eigenvalue weighted by atomic mass is 16.5. The fourth-order valence-corrected chi connectivity index (χ4v) is 2.69. The van der Waals surface area contributed by atoms with E-state index in [1.807, 2.05) is 7.05 Å². The fraction of sp³-hybridized carbons (Fsp3) is 0.692. The number of nitrogens with zero attached hydrogens (tertiary/aromatic N) is 4. The summed E-state index contributed by atoms with van der Waals surface area (Å²) in [6.45, 7) is 0.910. The van der Waals surface area contributed by atoms with Crippen LogP contribution in [0.3, 0.4) is 0 Å². The lowest BCUT2D eigenvalue weighted by Crippen LogP contribution is -2.56. The Morgan fingerprint density at radius 2 is 2.00 bits per heavy atom. The molecule has 6 heteroatoms. The van der Waals surface area contributed by atoms with Crippen LogP contribution in [0.5, 0.6) is 5.75 Å². The molecule has 1 heterocycles. The fourth-order valence-electron chi connectivity index (χ4n) is 2.69. The molecular formula is C13H23N5O. The van der Waals surface area contributed by atoms with Crippen molar-refractivity contribution in [2.75, 3.05) is 45.4 Å². The number of aromatic nitrogens is 2. The van der Waals surface area contributed by atoms with Crippen LogP contribution < -0.4 is 15.4 Å². The third-order valence-electron chi connectivity index (χ3n) is 4.14. The van der Waals surface area contributed by atoms with E-state index in [9.17, 15) is 0 Å². The van der Waals surface area contributed by atoms with Crippen LogP contribution in [0.1, 0.15) is 19.3 Å². The number of ether oxygens (including phenoxy) is 1. The molecular weight excluding hydrogens is 242 g/mol. The van der Waals surface area contributed by atoms with E-state index in [-0.39, 0.29) is 5.54 Å². The normalized spacial score (nSPS) is 17.1. The van der Waals surface area contributed by atoms with Crippen LogP contribution in [0, 0.1) is 0 Å². The third-order valence-corrected chi connectivity index (χ3v) is 4.14. The third kappa shape index (κ3) is 2.45. The molecule has 0 saturated heterocycles. The molecule has 106 valence electrons. The van der Waals surface area contributed by atoms with Crippen LogP contribution in [-0.4, -0.2) is 55.2 Å². The molecule has 1 aromatic rings. The first-order valence-electron chi connectivity index (χ1n) is 6.53. The zero-order valence-corrected chi connectivity index (χ0v) is 12.2. The van der Waals surface area contributed by atoms with E-state index >= 15 is 0 Å². The summed E-state index contributed by atoms with van der Waals surface area (Å²) in [4.78, 5) is 12.7. The summed E-state index contributed by atoms with van der Waals surface area (Å²) in [5, 5.41) is 0. The summed E-state index contributed by atoms with van der Waals surface area (Å²) < 4.78 is 5.32. The minimum absolute atomic E-state index is 0.236. The van der Waals surface area contributed by atoms with Crippen LogP contribution in [-0.2, 0) is 0 Å². The second-order valence-corrected chi connectivity index (χ2v) is 5.44. The van der Waals surface area contributed by atoms with E-state index < -0.39 is 0 Å². The molecule has 2 N–H and O–H groups in total. The lowest BCUT2D eigenvalue weighted by Gasteiger charge is -2.49. The zero-order valence-electron chi connectivity index (χ0n) is 12.2. The van der Waals surface area contributed by atoms with Gasteiger partial charge in [0.1, 0.15) is 6.33 Å². The van der Waals surface area contributed by atoms with Crippen molar-refractivity contribution >= 4 is 11.6 Å². The van der Waals surface area contributed by atoms with Crippen LogP contribution in [0.25, 0.3) is 0 Å². The number of nitrogens with two attached hydrogens (primary N) is 1. The Morgan fingerprint density at radius 3 is 2.47 bits per heavy atom. The van der Waals surface area contributed by atoms with Gasteiger partial charge in [-0.15, -0.1) is 0 Å². The predicted octanol–water partition coefficient (Wildman–Crippen LogP) is 0.988. The molecule has 1 fully saturated rings. The molecule has 2 rings (SSSR count). The van der Waals surface area contributed by atoms with Crippen molar-refractivity contribution < 1.29 is 4.74 Å². The number of hydrogen-bond acceptors (Lipinski definition) is 6. The number of anilines is 2. The minimum Gasteiger partial charge on any atom is -0.490 e. The first kappa shape index (κ1) is 13.9. The van der Waals surface area contributed by atoms with Gasteiger partial charge in [-0.25, -0.2) is 9.97 Å². The number of methoxy groups -OCH3 is 1. The molecule has 19 heavy (non-hydrogen) atoms. The largest absolute Gasteiger partial charge is 0.490 e. The second-order valence-electron chi connectivity index (χ2n) is 5.44. The Bertz CT molecular complexity index is 445. The first-order chi connectivity index (χ1) is 9.00. The molecule has 1 aliphatic rings. The molecule has 0 spiro atoms. The average Bonchev–Trinajstić information content (AvgIpc) is 2.32. The second kappa shape index (κ2) is 5.21. The quantitative estimate of drug-likeness (QED) is 0.856. The maximum atomic E-state index is 5.83.